The molecule has 32 heavy (non-hydrogen) atoms. The second-order valence-electron chi connectivity index (χ2n) is 6.87. The van der Waals surface area contributed by atoms with Crippen LogP contribution in [0.15, 0.2) is 65.3 Å². The second kappa shape index (κ2) is 8.35. The average Bonchev–Trinajstić information content (AvgIpc) is 3.40. The van der Waals surface area contributed by atoms with Crippen molar-refractivity contribution in [1.82, 2.24) is 24.9 Å². The lowest BCUT2D eigenvalue weighted by atomic mass is 10.1. The minimum absolute atomic E-state index is 0.161. The van der Waals surface area contributed by atoms with Gasteiger partial charge in [0.25, 0.3) is 11.7 Å². The van der Waals surface area contributed by atoms with E-state index in [4.69, 9.17) is 39.3 Å². The van der Waals surface area contributed by atoms with Gasteiger partial charge in [-0.15, -0.1) is 5.10 Å². The number of halogens is 3. The molecule has 7 nitrogen and oxygen atoms in total. The number of carbonyl (C=O) groups excluding carboxylic acids is 1. The molecule has 0 saturated heterocycles. The quantitative estimate of drug-likeness (QED) is 0.296. The lowest BCUT2D eigenvalue weighted by Crippen LogP contribution is -2.04. The Bertz CT molecular complexity index is 1460. The van der Waals surface area contributed by atoms with Gasteiger partial charge in [0, 0.05) is 21.6 Å². The number of para-hydroxylation sites is 1. The molecule has 5 rings (SSSR count). The van der Waals surface area contributed by atoms with Gasteiger partial charge in [0.1, 0.15) is 10.8 Å². The fraction of sp³-hybridized carbons (Fsp3) is 0.0455. The number of rotatable bonds is 5. The van der Waals surface area contributed by atoms with Crippen LogP contribution in [0.25, 0.3) is 22.4 Å². The van der Waals surface area contributed by atoms with Crippen molar-refractivity contribution in [2.45, 2.75) is 6.54 Å². The molecule has 3 aromatic heterocycles. The number of carbonyl (C=O) groups is 1. The first-order valence-corrected chi connectivity index (χ1v) is 10.5. The van der Waals surface area contributed by atoms with Crippen LogP contribution in [-0.2, 0) is 6.54 Å². The van der Waals surface area contributed by atoms with E-state index in [0.29, 0.717) is 27.7 Å². The van der Waals surface area contributed by atoms with Gasteiger partial charge in [0.05, 0.1) is 17.6 Å². The normalized spacial score (nSPS) is 11.2. The van der Waals surface area contributed by atoms with Gasteiger partial charge >= 0.3 is 0 Å². The van der Waals surface area contributed by atoms with Crippen molar-refractivity contribution in [2.24, 2.45) is 0 Å². The van der Waals surface area contributed by atoms with Crippen LogP contribution < -0.4 is 0 Å². The second-order valence-corrected chi connectivity index (χ2v) is 8.07. The van der Waals surface area contributed by atoms with Crippen molar-refractivity contribution < 1.29 is 9.32 Å². The lowest BCUT2D eigenvalue weighted by molar-refractivity contribution is 0.0995. The molecule has 10 heteroatoms. The molecule has 2 aromatic carbocycles. The zero-order valence-corrected chi connectivity index (χ0v) is 18.4. The molecule has 3 heterocycles. The molecule has 0 spiro atoms. The summed E-state index contributed by atoms with van der Waals surface area (Å²) in [4.78, 5) is 17.5. The highest BCUT2D eigenvalue weighted by atomic mass is 35.5. The monoisotopic (exact) mass is 483 g/mol. The van der Waals surface area contributed by atoms with Gasteiger partial charge in [-0.05, 0) is 35.9 Å². The largest absolute Gasteiger partial charge is 0.330 e. The Balaban J connectivity index is 1.58. The highest BCUT2D eigenvalue weighted by Gasteiger charge is 2.27. The van der Waals surface area contributed by atoms with Crippen LogP contribution >= 0.6 is 34.8 Å². The molecule has 0 saturated carbocycles. The predicted molar refractivity (Wildman–Crippen MR) is 121 cm³/mol. The van der Waals surface area contributed by atoms with Crippen molar-refractivity contribution in [2.75, 3.05) is 0 Å². The zero-order chi connectivity index (χ0) is 22.2. The van der Waals surface area contributed by atoms with Crippen molar-refractivity contribution in [3.05, 3.63) is 93.0 Å². The number of hydrogen-bond acceptors (Lipinski definition) is 6. The van der Waals surface area contributed by atoms with E-state index in [1.54, 1.807) is 28.8 Å². The van der Waals surface area contributed by atoms with Crippen molar-refractivity contribution in [3.63, 3.8) is 0 Å². The third-order valence-electron chi connectivity index (χ3n) is 4.90. The minimum Gasteiger partial charge on any atom is -0.330 e. The Morgan fingerprint density at radius 1 is 1.03 bits per heavy atom. The van der Waals surface area contributed by atoms with E-state index in [0.717, 1.165) is 11.1 Å². The molecule has 5 aromatic rings. The van der Waals surface area contributed by atoms with Crippen LogP contribution in [0.5, 0.6) is 0 Å². The van der Waals surface area contributed by atoms with Gasteiger partial charge in [0.2, 0.25) is 5.82 Å². The predicted octanol–water partition coefficient (Wildman–Crippen LogP) is 5.72. The van der Waals surface area contributed by atoms with E-state index in [2.05, 4.69) is 20.3 Å². The number of nitrogens with zero attached hydrogens (tertiary/aromatic N) is 5. The Morgan fingerprint density at radius 3 is 2.66 bits per heavy atom. The van der Waals surface area contributed by atoms with Gasteiger partial charge in [-0.25, -0.2) is 0 Å². The zero-order valence-electron chi connectivity index (χ0n) is 16.2. The summed E-state index contributed by atoms with van der Waals surface area (Å²) >= 11 is 19.1. The molecular weight excluding hydrogens is 473 g/mol. The summed E-state index contributed by atoms with van der Waals surface area (Å²) in [5.41, 5.74) is 2.23. The molecule has 0 atom stereocenters. The number of aromatic nitrogens is 5. The van der Waals surface area contributed by atoms with Crippen LogP contribution in [0, 0.1) is 0 Å². The number of hydrogen-bond donors (Lipinski definition) is 0. The van der Waals surface area contributed by atoms with Crippen LogP contribution in [0.4, 0.5) is 0 Å². The number of fused-ring (bicyclic) bond motifs is 1. The summed E-state index contributed by atoms with van der Waals surface area (Å²) in [7, 11) is 0. The standard InChI is InChI=1S/C22H12Cl3N5O2/c23-13-8-7-12(15(24)10-13)11-30-17-6-2-1-4-14(17)18(20(30)25)19(31)22-27-21(29-32-22)16-5-3-9-26-28-16/h1-10H,11H2. The van der Waals surface area contributed by atoms with E-state index < -0.39 is 5.78 Å². The van der Waals surface area contributed by atoms with E-state index in [1.807, 2.05) is 30.3 Å². The molecule has 0 N–H and O–H groups in total. The minimum atomic E-state index is -0.491. The lowest BCUT2D eigenvalue weighted by Gasteiger charge is -2.09. The molecule has 0 fully saturated rings. The van der Waals surface area contributed by atoms with Crippen LogP contribution in [0.3, 0.4) is 0 Å². The van der Waals surface area contributed by atoms with E-state index in [-0.39, 0.29) is 22.4 Å². The first-order valence-electron chi connectivity index (χ1n) is 9.40. The molecule has 0 amide bonds. The van der Waals surface area contributed by atoms with Gasteiger partial charge < -0.3 is 9.09 Å². The molecule has 0 aliphatic rings. The van der Waals surface area contributed by atoms with Gasteiger partial charge in [0.15, 0.2) is 0 Å². The number of benzene rings is 2. The summed E-state index contributed by atoms with van der Waals surface area (Å²) in [5.74, 6) is -0.524. The molecule has 0 aliphatic carbocycles. The van der Waals surface area contributed by atoms with E-state index >= 15 is 0 Å². The molecule has 0 unspecified atom stereocenters. The highest BCUT2D eigenvalue weighted by molar-refractivity contribution is 6.37. The van der Waals surface area contributed by atoms with Crippen molar-refractivity contribution >= 4 is 51.5 Å². The maximum atomic E-state index is 13.3. The smallest absolute Gasteiger partial charge is 0.299 e. The van der Waals surface area contributed by atoms with E-state index in [1.165, 1.54) is 6.20 Å². The molecule has 0 radical (unpaired) electrons. The topological polar surface area (TPSA) is 86.7 Å². The fourth-order valence-corrected chi connectivity index (χ4v) is 4.22. The first kappa shape index (κ1) is 20.6. The Labute approximate surface area is 196 Å². The Hall–Kier alpha value is -3.26. The third-order valence-corrected chi connectivity index (χ3v) is 5.88. The molecular formula is C22H12Cl3N5O2. The molecule has 0 aliphatic heterocycles. The third kappa shape index (κ3) is 3.64. The molecule has 158 valence electrons. The van der Waals surface area contributed by atoms with Crippen LogP contribution in [0.2, 0.25) is 15.2 Å². The van der Waals surface area contributed by atoms with Gasteiger partial charge in [-0.2, -0.15) is 10.1 Å². The maximum Gasteiger partial charge on any atom is 0.299 e. The number of ketones is 1. The van der Waals surface area contributed by atoms with Crippen molar-refractivity contribution in [3.8, 4) is 11.5 Å². The summed E-state index contributed by atoms with van der Waals surface area (Å²) in [5, 5.41) is 13.5. The van der Waals surface area contributed by atoms with Crippen molar-refractivity contribution in [1.29, 1.82) is 0 Å². The summed E-state index contributed by atoms with van der Waals surface area (Å²) < 4.78 is 7.02. The summed E-state index contributed by atoms with van der Waals surface area (Å²) in [6, 6.07) is 16.0. The van der Waals surface area contributed by atoms with Gasteiger partial charge in [-0.1, -0.05) is 64.2 Å². The SMILES string of the molecule is O=C(c1nc(-c2cccnn2)no1)c1c(Cl)n(Cc2ccc(Cl)cc2Cl)c2ccccc12. The maximum absolute atomic E-state index is 13.3. The average molecular weight is 485 g/mol. The Morgan fingerprint density at radius 2 is 1.88 bits per heavy atom. The van der Waals surface area contributed by atoms with E-state index in [9.17, 15) is 4.79 Å². The van der Waals surface area contributed by atoms with Gasteiger partial charge in [-0.3, -0.25) is 4.79 Å². The fourth-order valence-electron chi connectivity index (χ4n) is 3.41. The Kier molecular flexibility index (Phi) is 5.38. The summed E-state index contributed by atoms with van der Waals surface area (Å²) in [6.45, 7) is 0.345. The van der Waals surface area contributed by atoms with Crippen LogP contribution in [0.1, 0.15) is 21.8 Å². The summed E-state index contributed by atoms with van der Waals surface area (Å²) in [6.07, 6.45) is 1.53. The molecule has 0 bridgehead atoms. The highest BCUT2D eigenvalue weighted by Crippen LogP contribution is 2.34. The van der Waals surface area contributed by atoms with Crippen LogP contribution in [-0.4, -0.2) is 30.7 Å². The first-order chi connectivity index (χ1) is 15.5.